The van der Waals surface area contributed by atoms with E-state index in [9.17, 15) is 19.2 Å². The molecule has 0 N–H and O–H groups in total. The summed E-state index contributed by atoms with van der Waals surface area (Å²) in [6.45, 7) is 17.1. The zero-order valence-corrected chi connectivity index (χ0v) is 35.7. The summed E-state index contributed by atoms with van der Waals surface area (Å²) in [5.41, 5.74) is 2.77. The van der Waals surface area contributed by atoms with E-state index in [1.165, 1.54) is 83.7 Å². The van der Waals surface area contributed by atoms with E-state index in [-0.39, 0.29) is 24.7 Å². The predicted octanol–water partition coefficient (Wildman–Crippen LogP) is 7.46. The molecule has 1 saturated heterocycles. The first-order chi connectivity index (χ1) is 27.0. The van der Waals surface area contributed by atoms with Gasteiger partial charge in [0.1, 0.15) is 18.4 Å². The number of carbonyl (C=O) groups is 4. The van der Waals surface area contributed by atoms with Crippen molar-refractivity contribution in [3.63, 3.8) is 0 Å². The Labute approximate surface area is 338 Å². The maximum atomic E-state index is 12.3. The Balaban J connectivity index is 1.11. The van der Waals surface area contributed by atoms with Gasteiger partial charge < -0.3 is 28.4 Å². The quantitative estimate of drug-likeness (QED) is 0.104. The van der Waals surface area contributed by atoms with Crippen molar-refractivity contribution in [2.75, 3.05) is 6.61 Å². The fourth-order valence-corrected chi connectivity index (χ4v) is 11.9. The van der Waals surface area contributed by atoms with Gasteiger partial charge in [-0.15, -0.1) is 5.10 Å². The Bertz CT molecular complexity index is 1640. The number of fused-ring (bicyclic) bond motifs is 5. The topological polar surface area (TPSA) is 154 Å². The van der Waals surface area contributed by atoms with E-state index < -0.39 is 54.5 Å². The first kappa shape index (κ1) is 43.3. The second-order valence-corrected chi connectivity index (χ2v) is 18.7. The summed E-state index contributed by atoms with van der Waals surface area (Å²) in [6.07, 6.45) is 11.9. The van der Waals surface area contributed by atoms with Crippen molar-refractivity contribution in [2.45, 2.75) is 176 Å². The van der Waals surface area contributed by atoms with Gasteiger partial charge in [-0.1, -0.05) is 70.7 Å². The van der Waals surface area contributed by atoms with E-state index >= 15 is 0 Å². The molecule has 13 heteroatoms. The van der Waals surface area contributed by atoms with Crippen LogP contribution in [0, 0.1) is 46.3 Å². The Morgan fingerprint density at radius 3 is 2.25 bits per heavy atom. The molecule has 0 spiro atoms. The third-order valence-corrected chi connectivity index (χ3v) is 14.5. The van der Waals surface area contributed by atoms with Gasteiger partial charge in [0.05, 0.1) is 18.9 Å². The van der Waals surface area contributed by atoms with Gasteiger partial charge in [-0.2, -0.15) is 0 Å². The maximum Gasteiger partial charge on any atom is 0.303 e. The second kappa shape index (κ2) is 17.9. The zero-order valence-electron chi connectivity index (χ0n) is 35.7. The van der Waals surface area contributed by atoms with Crippen molar-refractivity contribution in [2.24, 2.45) is 46.3 Å². The summed E-state index contributed by atoms with van der Waals surface area (Å²) in [7, 11) is 0. The number of allylic oxidation sites excluding steroid dienone is 1. The fraction of sp³-hybridized carbons (Fsp3) is 0.818. The molecule has 13 nitrogen and oxygen atoms in total. The molecule has 5 aliphatic rings. The molecular weight excluding hydrogens is 730 g/mol. The lowest BCUT2D eigenvalue weighted by atomic mass is 9.47. The lowest BCUT2D eigenvalue weighted by Gasteiger charge is -2.58. The van der Waals surface area contributed by atoms with Crippen LogP contribution in [-0.2, 0) is 54.2 Å². The molecule has 13 atom stereocenters. The summed E-state index contributed by atoms with van der Waals surface area (Å²) in [6, 6.07) is 0. The molecule has 0 radical (unpaired) electrons. The van der Waals surface area contributed by atoms with Gasteiger partial charge in [-0.05, 0) is 97.7 Å². The lowest BCUT2D eigenvalue weighted by molar-refractivity contribution is -0.270. The maximum absolute atomic E-state index is 12.3. The minimum absolute atomic E-state index is 0.0492. The average molecular weight is 798 g/mol. The van der Waals surface area contributed by atoms with E-state index in [1.54, 1.807) is 11.8 Å². The molecule has 6 rings (SSSR count). The molecule has 4 aliphatic carbocycles. The van der Waals surface area contributed by atoms with Crippen LogP contribution in [0.1, 0.15) is 145 Å². The Morgan fingerprint density at radius 2 is 1.56 bits per heavy atom. The van der Waals surface area contributed by atoms with E-state index in [1.807, 2.05) is 0 Å². The Kier molecular flexibility index (Phi) is 13.6. The molecule has 318 valence electrons. The molecule has 3 saturated carbocycles. The van der Waals surface area contributed by atoms with E-state index in [2.05, 4.69) is 51.0 Å². The number of nitrogens with zero attached hydrogens (tertiary/aromatic N) is 3. The van der Waals surface area contributed by atoms with Gasteiger partial charge in [-0.3, -0.25) is 19.2 Å². The first-order valence-corrected chi connectivity index (χ1v) is 21.5. The van der Waals surface area contributed by atoms with Crippen LogP contribution in [0.25, 0.3) is 0 Å². The smallest absolute Gasteiger partial charge is 0.303 e. The second-order valence-electron chi connectivity index (χ2n) is 18.7. The number of carbonyl (C=O) groups excluding carboxylic acids is 4. The van der Waals surface area contributed by atoms with Crippen LogP contribution in [0.3, 0.4) is 0 Å². The number of hydrogen-bond acceptors (Lipinski definition) is 12. The van der Waals surface area contributed by atoms with Crippen molar-refractivity contribution in [3.8, 4) is 0 Å². The molecule has 0 bridgehead atoms. The summed E-state index contributed by atoms with van der Waals surface area (Å²) in [4.78, 5) is 48.4. The molecule has 2 heterocycles. The normalized spacial score (nSPS) is 36.6. The van der Waals surface area contributed by atoms with E-state index in [0.717, 1.165) is 54.8 Å². The van der Waals surface area contributed by atoms with Crippen molar-refractivity contribution < 1.29 is 47.6 Å². The molecule has 1 aromatic heterocycles. The summed E-state index contributed by atoms with van der Waals surface area (Å²) < 4.78 is 36.0. The molecular formula is C44H67N3O10. The number of esters is 4. The van der Waals surface area contributed by atoms with Gasteiger partial charge in [0, 0.05) is 27.7 Å². The van der Waals surface area contributed by atoms with Crippen molar-refractivity contribution in [1.82, 2.24) is 15.0 Å². The van der Waals surface area contributed by atoms with Crippen LogP contribution in [0.15, 0.2) is 17.8 Å². The minimum atomic E-state index is -1.30. The molecule has 0 unspecified atom stereocenters. The van der Waals surface area contributed by atoms with Crippen LogP contribution in [0.2, 0.25) is 0 Å². The van der Waals surface area contributed by atoms with Crippen molar-refractivity contribution >= 4 is 23.9 Å². The first-order valence-electron chi connectivity index (χ1n) is 21.5. The highest BCUT2D eigenvalue weighted by atomic mass is 16.7. The molecule has 1 aliphatic heterocycles. The largest absolute Gasteiger partial charge is 0.463 e. The molecule has 0 aromatic carbocycles. The molecule has 0 amide bonds. The number of ether oxygens (including phenoxy) is 6. The Hall–Kier alpha value is -3.32. The monoisotopic (exact) mass is 797 g/mol. The van der Waals surface area contributed by atoms with Gasteiger partial charge in [0.2, 0.25) is 0 Å². The highest BCUT2D eigenvalue weighted by Gasteiger charge is 2.59. The van der Waals surface area contributed by atoms with Crippen molar-refractivity contribution in [3.05, 3.63) is 23.5 Å². The summed E-state index contributed by atoms with van der Waals surface area (Å²) in [5, 5.41) is 8.63. The van der Waals surface area contributed by atoms with Crippen LogP contribution in [0.4, 0.5) is 0 Å². The van der Waals surface area contributed by atoms with Crippen molar-refractivity contribution in [1.29, 1.82) is 0 Å². The standard InChI is InChI=1S/C44H67N3O10/c1-25(2)11-10-12-26(3)35-15-16-36-34-14-13-31-21-33(17-19-43(31,8)37(34)18-20-44(35,36)9)53-23-32-22-47(46-45-32)42-41(56-30(7)51)40(55-29(6)50)39(54-28(5)49)38(57-42)24-52-27(4)48/h13,22,25-26,33-42H,10-12,14-21,23-24H2,1-9H3/t26-,33+,34+,35-,36+,37+,38-,39+,40+,41-,42-,43+,44-/m1/s1. The molecule has 57 heavy (non-hydrogen) atoms. The number of rotatable bonds is 14. The summed E-state index contributed by atoms with van der Waals surface area (Å²) >= 11 is 0. The van der Waals surface area contributed by atoms with E-state index in [4.69, 9.17) is 28.4 Å². The van der Waals surface area contributed by atoms with E-state index in [0.29, 0.717) is 11.1 Å². The van der Waals surface area contributed by atoms with Gasteiger partial charge in [-0.25, -0.2) is 4.68 Å². The number of hydrogen-bond donors (Lipinski definition) is 0. The Morgan fingerprint density at radius 1 is 0.860 bits per heavy atom. The zero-order chi connectivity index (χ0) is 41.2. The lowest BCUT2D eigenvalue weighted by Crippen LogP contribution is -2.60. The van der Waals surface area contributed by atoms with Gasteiger partial charge in [0.15, 0.2) is 24.5 Å². The fourth-order valence-electron chi connectivity index (χ4n) is 11.9. The van der Waals surface area contributed by atoms with Crippen LogP contribution in [0.5, 0.6) is 0 Å². The highest BCUT2D eigenvalue weighted by Crippen LogP contribution is 2.67. The van der Waals surface area contributed by atoms with Crippen LogP contribution in [-0.4, -0.2) is 76.0 Å². The highest BCUT2D eigenvalue weighted by molar-refractivity contribution is 5.68. The average Bonchev–Trinajstić information content (AvgIpc) is 3.75. The number of aromatic nitrogens is 3. The van der Waals surface area contributed by atoms with Crippen LogP contribution >= 0.6 is 0 Å². The van der Waals surface area contributed by atoms with Crippen LogP contribution < -0.4 is 0 Å². The molecule has 4 fully saturated rings. The predicted molar refractivity (Wildman–Crippen MR) is 209 cm³/mol. The van der Waals surface area contributed by atoms with Gasteiger partial charge >= 0.3 is 23.9 Å². The third-order valence-electron chi connectivity index (χ3n) is 14.5. The third kappa shape index (κ3) is 9.45. The molecule has 1 aromatic rings. The minimum Gasteiger partial charge on any atom is -0.463 e. The summed E-state index contributed by atoms with van der Waals surface area (Å²) in [5.74, 6) is 2.11. The van der Waals surface area contributed by atoms with Gasteiger partial charge in [0.25, 0.3) is 0 Å². The SMILES string of the molecule is CC(=O)OC[C@H]1O[C@@H](n2cc(CO[C@H]3CC[C@@]4(C)C(=CC[C@H]5[C@@H]6CC[C@H]([C@H](C)CCCC(C)C)[C@@]6(C)CC[C@@H]54)C3)nn2)[C@H](OC(C)=O)[C@@H](OC(C)=O)[C@H]1OC(C)=O.